The van der Waals surface area contributed by atoms with Gasteiger partial charge in [-0.3, -0.25) is 4.79 Å². The van der Waals surface area contributed by atoms with Gasteiger partial charge in [-0.25, -0.2) is 9.79 Å². The molecule has 0 saturated carbocycles. The number of aromatic nitrogens is 1. The Bertz CT molecular complexity index is 1390. The van der Waals surface area contributed by atoms with E-state index in [0.29, 0.717) is 53.7 Å². The average Bonchev–Trinajstić information content (AvgIpc) is 3.48. The van der Waals surface area contributed by atoms with Gasteiger partial charge in [0.05, 0.1) is 11.6 Å². The molecule has 3 heterocycles. The molecule has 2 amide bonds. The minimum absolute atomic E-state index is 0.202. The molecule has 2 aliphatic rings. The van der Waals surface area contributed by atoms with Crippen molar-refractivity contribution in [2.45, 2.75) is 38.8 Å². The van der Waals surface area contributed by atoms with Gasteiger partial charge in [0.15, 0.2) is 0 Å². The van der Waals surface area contributed by atoms with Crippen LogP contribution in [0, 0.1) is 0 Å². The van der Waals surface area contributed by atoms with Crippen molar-refractivity contribution in [1.29, 1.82) is 0 Å². The van der Waals surface area contributed by atoms with Crippen molar-refractivity contribution >= 4 is 23.7 Å². The zero-order chi connectivity index (χ0) is 27.0. The number of nitrogens with one attached hydrogen (secondary N) is 1. The Morgan fingerprint density at radius 2 is 1.71 bits per heavy atom. The number of rotatable bonds is 5. The third-order valence-electron chi connectivity index (χ3n) is 6.49. The summed E-state index contributed by atoms with van der Waals surface area (Å²) in [6.45, 7) is 6.64. The van der Waals surface area contributed by atoms with Crippen LogP contribution in [0.3, 0.4) is 0 Å². The maximum Gasteiger partial charge on any atom is 0.410 e. The van der Waals surface area contributed by atoms with Crippen molar-refractivity contribution in [2.24, 2.45) is 16.5 Å². The Kier molecular flexibility index (Phi) is 6.48. The van der Waals surface area contributed by atoms with Crippen molar-refractivity contribution in [1.82, 2.24) is 9.47 Å². The molecule has 0 radical (unpaired) electrons. The molecule has 1 fully saturated rings. The summed E-state index contributed by atoms with van der Waals surface area (Å²) in [5.41, 5.74) is 14.1. The maximum absolute atomic E-state index is 13.0. The van der Waals surface area contributed by atoms with E-state index in [1.165, 1.54) is 0 Å². The Morgan fingerprint density at radius 3 is 2.37 bits per heavy atom. The highest BCUT2D eigenvalue weighted by Gasteiger charge is 2.37. The molecule has 2 aliphatic heterocycles. The highest BCUT2D eigenvalue weighted by molar-refractivity contribution is 6.14. The third kappa shape index (κ3) is 4.89. The molecular weight excluding hydrogens is 484 g/mol. The molecule has 2 aromatic carbocycles. The van der Waals surface area contributed by atoms with Gasteiger partial charge in [0.1, 0.15) is 41.1 Å². The summed E-state index contributed by atoms with van der Waals surface area (Å²) in [7, 11) is 0. The monoisotopic (exact) mass is 516 g/mol. The lowest BCUT2D eigenvalue weighted by Gasteiger charge is -2.25. The van der Waals surface area contributed by atoms with E-state index in [4.69, 9.17) is 20.9 Å². The van der Waals surface area contributed by atoms with E-state index in [1.807, 2.05) is 79.9 Å². The number of amidine groups is 1. The molecule has 5 rings (SSSR count). The van der Waals surface area contributed by atoms with E-state index >= 15 is 0 Å². The second-order valence-electron chi connectivity index (χ2n) is 10.4. The van der Waals surface area contributed by atoms with Crippen LogP contribution in [-0.2, 0) is 4.74 Å². The molecule has 1 aromatic heterocycles. The summed E-state index contributed by atoms with van der Waals surface area (Å²) in [6.07, 6.45) is 0.243. The third-order valence-corrected chi connectivity index (χ3v) is 6.49. The Morgan fingerprint density at radius 1 is 1.03 bits per heavy atom. The molecule has 1 atom stereocenters. The number of amides is 2. The molecule has 1 saturated heterocycles. The van der Waals surface area contributed by atoms with Gasteiger partial charge in [0.25, 0.3) is 5.91 Å². The van der Waals surface area contributed by atoms with Crippen molar-refractivity contribution in [3.05, 3.63) is 65.9 Å². The largest absolute Gasteiger partial charge is 0.457 e. The second-order valence-corrected chi connectivity index (χ2v) is 10.4. The summed E-state index contributed by atoms with van der Waals surface area (Å²) < 4.78 is 13.4. The number of carbonyl (C=O) groups is 2. The first kappa shape index (κ1) is 25.2. The summed E-state index contributed by atoms with van der Waals surface area (Å²) in [5.74, 6) is 1.77. The van der Waals surface area contributed by atoms with Crippen molar-refractivity contribution in [3.63, 3.8) is 0 Å². The molecule has 10 nitrogen and oxygen atoms in total. The molecule has 38 heavy (non-hydrogen) atoms. The Hall–Kier alpha value is -4.47. The van der Waals surface area contributed by atoms with Gasteiger partial charge in [-0.15, -0.1) is 0 Å². The lowest BCUT2D eigenvalue weighted by molar-refractivity contribution is 0.0289. The van der Waals surface area contributed by atoms with Gasteiger partial charge in [-0.05, 0) is 57.0 Å². The van der Waals surface area contributed by atoms with Crippen LogP contribution >= 0.6 is 0 Å². The maximum atomic E-state index is 13.0. The molecule has 0 spiro atoms. The van der Waals surface area contributed by atoms with Gasteiger partial charge in [0, 0.05) is 18.7 Å². The van der Waals surface area contributed by atoms with Gasteiger partial charge in [-0.2, -0.15) is 0 Å². The number of carbonyl (C=O) groups excluding carboxylic acids is 2. The number of likely N-dealkylation sites (tertiary alicyclic amines) is 1. The quantitative estimate of drug-likeness (QED) is 0.462. The molecule has 198 valence electrons. The van der Waals surface area contributed by atoms with E-state index in [2.05, 4.69) is 10.3 Å². The van der Waals surface area contributed by atoms with Gasteiger partial charge < -0.3 is 35.7 Å². The fourth-order valence-corrected chi connectivity index (χ4v) is 4.94. The molecule has 0 bridgehead atoms. The van der Waals surface area contributed by atoms with Gasteiger partial charge in [0.2, 0.25) is 0 Å². The minimum Gasteiger partial charge on any atom is -0.457 e. The van der Waals surface area contributed by atoms with Crippen molar-refractivity contribution in [2.75, 3.05) is 25.1 Å². The summed E-state index contributed by atoms with van der Waals surface area (Å²) in [6, 6.07) is 16.7. The van der Waals surface area contributed by atoms with Gasteiger partial charge >= 0.3 is 6.09 Å². The number of anilines is 1. The highest BCUT2D eigenvalue weighted by Crippen LogP contribution is 2.42. The van der Waals surface area contributed by atoms with Crippen LogP contribution in [0.15, 0.2) is 59.6 Å². The first-order chi connectivity index (χ1) is 18.1. The molecule has 5 N–H and O–H groups in total. The summed E-state index contributed by atoms with van der Waals surface area (Å²) >= 11 is 0. The van der Waals surface area contributed by atoms with Crippen molar-refractivity contribution in [3.8, 4) is 22.6 Å². The van der Waals surface area contributed by atoms with E-state index in [-0.39, 0.29) is 18.8 Å². The van der Waals surface area contributed by atoms with Crippen LogP contribution in [0.1, 0.15) is 49.3 Å². The van der Waals surface area contributed by atoms with Crippen LogP contribution < -0.4 is 21.5 Å². The van der Waals surface area contributed by atoms with Crippen molar-refractivity contribution < 1.29 is 19.1 Å². The first-order valence-electron chi connectivity index (χ1n) is 12.6. The number of ether oxygens (including phenoxy) is 2. The van der Waals surface area contributed by atoms with E-state index in [1.54, 1.807) is 4.90 Å². The SMILES string of the molecule is CC(C)(C)OC(=O)N1CC[C@@H](n2c3c(c(-c4ccc(Oc5ccccc5)cc4)c2C(N)=O)C(N)=NCN3)C1. The standard InChI is InChI=1S/C28H32N6O4/c1-28(2,3)38-27(36)33-14-13-18(15-33)34-23(25(30)35)21(22-24(29)31-16-32-26(22)34)17-9-11-20(12-10-17)37-19-7-5-4-6-8-19/h4-12,18,32H,13-16H2,1-3H3,(H2,29,31)(H2,30,35)/t18-/m1/s1. The van der Waals surface area contributed by atoms with E-state index < -0.39 is 11.5 Å². The number of para-hydroxylation sites is 1. The normalized spacial score (nSPS) is 16.9. The van der Waals surface area contributed by atoms with Crippen LogP contribution in [0.2, 0.25) is 0 Å². The lowest BCUT2D eigenvalue weighted by atomic mass is 9.99. The highest BCUT2D eigenvalue weighted by atomic mass is 16.6. The smallest absolute Gasteiger partial charge is 0.410 e. The van der Waals surface area contributed by atoms with Gasteiger partial charge in [-0.1, -0.05) is 30.3 Å². The number of hydrogen-bond acceptors (Lipinski definition) is 7. The minimum atomic E-state index is -0.601. The topological polar surface area (TPSA) is 137 Å². The van der Waals surface area contributed by atoms with Crippen LogP contribution in [0.4, 0.5) is 10.6 Å². The van der Waals surface area contributed by atoms with Crippen LogP contribution in [-0.4, -0.2) is 52.7 Å². The average molecular weight is 517 g/mol. The molecule has 0 aliphatic carbocycles. The number of fused-ring (bicyclic) bond motifs is 1. The number of benzene rings is 2. The summed E-state index contributed by atoms with van der Waals surface area (Å²) in [5, 5.41) is 3.28. The van der Waals surface area contributed by atoms with E-state index in [0.717, 1.165) is 11.3 Å². The fraction of sp³-hybridized carbons (Fsp3) is 0.321. The number of aliphatic imine (C=N–C) groups is 1. The predicted molar refractivity (Wildman–Crippen MR) is 146 cm³/mol. The molecule has 0 unspecified atom stereocenters. The Balaban J connectivity index is 1.53. The van der Waals surface area contributed by atoms with Crippen LogP contribution in [0.25, 0.3) is 11.1 Å². The number of primary amides is 1. The molecular formula is C28H32N6O4. The lowest BCUT2D eigenvalue weighted by Crippen LogP contribution is -2.35. The Labute approximate surface area is 221 Å². The second kappa shape index (κ2) is 9.77. The number of nitrogens with zero attached hydrogens (tertiary/aromatic N) is 3. The molecule has 3 aromatic rings. The van der Waals surface area contributed by atoms with E-state index in [9.17, 15) is 9.59 Å². The number of hydrogen-bond donors (Lipinski definition) is 3. The van der Waals surface area contributed by atoms with Crippen LogP contribution in [0.5, 0.6) is 11.5 Å². The first-order valence-corrected chi connectivity index (χ1v) is 12.6. The number of nitrogens with two attached hydrogens (primary N) is 2. The fourth-order valence-electron chi connectivity index (χ4n) is 4.94. The molecule has 10 heteroatoms. The zero-order valence-electron chi connectivity index (χ0n) is 21.7. The zero-order valence-corrected chi connectivity index (χ0v) is 21.7. The summed E-state index contributed by atoms with van der Waals surface area (Å²) in [4.78, 5) is 31.7. The predicted octanol–water partition coefficient (Wildman–Crippen LogP) is 4.32.